The van der Waals surface area contributed by atoms with E-state index in [1.165, 1.54) is 0 Å². The summed E-state index contributed by atoms with van der Waals surface area (Å²) in [7, 11) is -3.03. The van der Waals surface area contributed by atoms with E-state index in [-0.39, 0.29) is 5.75 Å². The fourth-order valence-electron chi connectivity index (χ4n) is 1.87. The Morgan fingerprint density at radius 2 is 2.22 bits per heavy atom. The summed E-state index contributed by atoms with van der Waals surface area (Å²) in [5.41, 5.74) is 0. The van der Waals surface area contributed by atoms with Crippen LogP contribution in [0.15, 0.2) is 4.99 Å². The summed E-state index contributed by atoms with van der Waals surface area (Å²) >= 11 is 0. The highest BCUT2D eigenvalue weighted by molar-refractivity contribution is 7.92. The first-order valence-electron chi connectivity index (χ1n) is 6.03. The molecule has 0 atom stereocenters. The molecule has 1 rings (SSSR count). The average molecular weight is 271 g/mol. The number of nitrogens with one attached hydrogen (secondary N) is 1. The second-order valence-corrected chi connectivity index (χ2v) is 7.62. The lowest BCUT2D eigenvalue weighted by molar-refractivity contribution is 0.354. The van der Waals surface area contributed by atoms with Crippen LogP contribution in [0.25, 0.3) is 0 Å². The molecule has 1 aliphatic heterocycles. The van der Waals surface area contributed by atoms with Crippen molar-refractivity contribution in [3.8, 4) is 12.3 Å². The Morgan fingerprint density at radius 3 is 2.72 bits per heavy atom. The molecule has 0 aromatic rings. The number of hydrogen-bond donors (Lipinski definition) is 1. The van der Waals surface area contributed by atoms with Gasteiger partial charge in [0, 0.05) is 19.6 Å². The predicted molar refractivity (Wildman–Crippen MR) is 74.3 cm³/mol. The molecule has 0 radical (unpaired) electrons. The molecule has 1 saturated heterocycles. The number of aliphatic imine (C=N–C) groups is 1. The summed E-state index contributed by atoms with van der Waals surface area (Å²) in [6, 6.07) is 0. The number of hydrogen-bond acceptors (Lipinski definition) is 3. The van der Waals surface area contributed by atoms with Gasteiger partial charge in [-0.2, -0.15) is 0 Å². The maximum Gasteiger partial charge on any atom is 0.194 e. The normalized spacial score (nSPS) is 22.3. The molecule has 0 aromatic carbocycles. The largest absolute Gasteiger partial charge is 0.356 e. The first-order valence-corrected chi connectivity index (χ1v) is 7.68. The molecule has 1 N–H and O–H groups in total. The van der Waals surface area contributed by atoms with Gasteiger partial charge in [-0.3, -0.25) is 0 Å². The summed E-state index contributed by atoms with van der Waals surface area (Å²) in [6.45, 7) is 7.39. The first kappa shape index (κ1) is 14.8. The van der Waals surface area contributed by atoms with Gasteiger partial charge in [0.05, 0.1) is 10.5 Å². The Hall–Kier alpha value is -1.22. The standard InChI is InChI=1S/C12H21N3O2S/c1-5-7-14-11(13-6-2)15-8-9-18(16,17)12(3,4)10-15/h1H,6-10H2,2-4H3,(H,13,14). The summed E-state index contributed by atoms with van der Waals surface area (Å²) < 4.78 is 23.1. The van der Waals surface area contributed by atoms with Crippen molar-refractivity contribution in [3.05, 3.63) is 0 Å². The van der Waals surface area contributed by atoms with Crippen molar-refractivity contribution in [1.82, 2.24) is 10.2 Å². The van der Waals surface area contributed by atoms with E-state index in [9.17, 15) is 8.42 Å². The smallest absolute Gasteiger partial charge is 0.194 e. The molecule has 0 saturated carbocycles. The van der Waals surface area contributed by atoms with Crippen LogP contribution in [0.5, 0.6) is 0 Å². The highest BCUT2D eigenvalue weighted by Crippen LogP contribution is 2.23. The topological polar surface area (TPSA) is 61.8 Å². The van der Waals surface area contributed by atoms with E-state index < -0.39 is 14.6 Å². The van der Waals surface area contributed by atoms with Crippen molar-refractivity contribution in [3.63, 3.8) is 0 Å². The van der Waals surface area contributed by atoms with Crippen LogP contribution in [-0.4, -0.2) is 56.0 Å². The van der Waals surface area contributed by atoms with Gasteiger partial charge >= 0.3 is 0 Å². The van der Waals surface area contributed by atoms with Crippen LogP contribution in [0.4, 0.5) is 0 Å². The van der Waals surface area contributed by atoms with Crippen molar-refractivity contribution in [1.29, 1.82) is 0 Å². The number of guanidine groups is 1. The zero-order valence-electron chi connectivity index (χ0n) is 11.2. The van der Waals surface area contributed by atoms with E-state index in [4.69, 9.17) is 6.42 Å². The molecule has 1 fully saturated rings. The Labute approximate surface area is 110 Å². The molecule has 6 heteroatoms. The van der Waals surface area contributed by atoms with E-state index >= 15 is 0 Å². The monoisotopic (exact) mass is 271 g/mol. The van der Waals surface area contributed by atoms with Crippen LogP contribution < -0.4 is 5.32 Å². The SMILES string of the molecule is C#CCN=C(NCC)N1CCS(=O)(=O)C(C)(C)C1. The number of terminal acetylenes is 1. The minimum Gasteiger partial charge on any atom is -0.356 e. The van der Waals surface area contributed by atoms with Gasteiger partial charge in [0.25, 0.3) is 0 Å². The van der Waals surface area contributed by atoms with Crippen LogP contribution in [0, 0.1) is 12.3 Å². The van der Waals surface area contributed by atoms with Gasteiger partial charge in [-0.15, -0.1) is 6.42 Å². The van der Waals surface area contributed by atoms with E-state index in [0.717, 1.165) is 6.54 Å². The zero-order valence-corrected chi connectivity index (χ0v) is 12.0. The molecule has 1 heterocycles. The van der Waals surface area contributed by atoms with Crippen molar-refractivity contribution in [2.75, 3.05) is 31.9 Å². The van der Waals surface area contributed by atoms with Gasteiger partial charge in [-0.1, -0.05) is 5.92 Å². The molecule has 0 bridgehead atoms. The summed E-state index contributed by atoms with van der Waals surface area (Å²) in [4.78, 5) is 6.23. The Balaban J connectivity index is 2.88. The van der Waals surface area contributed by atoms with Gasteiger partial charge in [-0.05, 0) is 20.8 Å². The molecular formula is C12H21N3O2S. The Kier molecular flexibility index (Phi) is 4.63. The van der Waals surface area contributed by atoms with Gasteiger partial charge in [0.2, 0.25) is 0 Å². The maximum atomic E-state index is 11.9. The maximum absolute atomic E-state index is 11.9. The van der Waals surface area contributed by atoms with Crippen molar-refractivity contribution >= 4 is 15.8 Å². The average Bonchev–Trinajstić information content (AvgIpc) is 2.28. The number of nitrogens with zero attached hydrogens (tertiary/aromatic N) is 2. The summed E-state index contributed by atoms with van der Waals surface area (Å²) in [5, 5.41) is 3.14. The third-order valence-electron chi connectivity index (χ3n) is 3.00. The van der Waals surface area contributed by atoms with Crippen LogP contribution in [0.1, 0.15) is 20.8 Å². The van der Waals surface area contributed by atoms with Gasteiger partial charge in [-0.25, -0.2) is 13.4 Å². The lowest BCUT2D eigenvalue weighted by Crippen LogP contribution is -2.57. The Morgan fingerprint density at radius 1 is 1.56 bits per heavy atom. The van der Waals surface area contributed by atoms with Crippen LogP contribution in [0.2, 0.25) is 0 Å². The molecule has 0 aromatic heterocycles. The second kappa shape index (κ2) is 5.61. The quantitative estimate of drug-likeness (QED) is 0.439. The van der Waals surface area contributed by atoms with Crippen LogP contribution in [0.3, 0.4) is 0 Å². The molecule has 18 heavy (non-hydrogen) atoms. The van der Waals surface area contributed by atoms with E-state index in [2.05, 4.69) is 16.2 Å². The molecule has 102 valence electrons. The molecular weight excluding hydrogens is 250 g/mol. The fourth-order valence-corrected chi connectivity index (χ4v) is 3.24. The van der Waals surface area contributed by atoms with E-state index in [1.807, 2.05) is 11.8 Å². The molecule has 0 unspecified atom stereocenters. The van der Waals surface area contributed by atoms with Gasteiger partial charge in [0.1, 0.15) is 6.54 Å². The minimum absolute atomic E-state index is 0.153. The Bertz CT molecular complexity index is 460. The molecule has 1 aliphatic rings. The minimum atomic E-state index is -3.03. The fraction of sp³-hybridized carbons (Fsp3) is 0.750. The highest BCUT2D eigenvalue weighted by atomic mass is 32.2. The molecule has 0 aliphatic carbocycles. The molecule has 0 amide bonds. The predicted octanol–water partition coefficient (Wildman–Crippen LogP) is 0.0941. The number of rotatable bonds is 2. The highest BCUT2D eigenvalue weighted by Gasteiger charge is 2.40. The first-order chi connectivity index (χ1) is 8.34. The lowest BCUT2D eigenvalue weighted by atomic mass is 10.2. The van der Waals surface area contributed by atoms with Gasteiger partial charge in [0.15, 0.2) is 15.8 Å². The second-order valence-electron chi connectivity index (χ2n) is 4.87. The van der Waals surface area contributed by atoms with Gasteiger partial charge < -0.3 is 10.2 Å². The van der Waals surface area contributed by atoms with Crippen molar-refractivity contribution in [2.24, 2.45) is 4.99 Å². The molecule has 5 nitrogen and oxygen atoms in total. The van der Waals surface area contributed by atoms with E-state index in [0.29, 0.717) is 25.6 Å². The summed E-state index contributed by atoms with van der Waals surface area (Å²) in [5.74, 6) is 3.31. The zero-order chi connectivity index (χ0) is 13.8. The molecule has 0 spiro atoms. The van der Waals surface area contributed by atoms with E-state index in [1.54, 1.807) is 13.8 Å². The van der Waals surface area contributed by atoms with Crippen LogP contribution in [-0.2, 0) is 9.84 Å². The van der Waals surface area contributed by atoms with Crippen molar-refractivity contribution in [2.45, 2.75) is 25.5 Å². The van der Waals surface area contributed by atoms with Crippen LogP contribution >= 0.6 is 0 Å². The summed E-state index contributed by atoms with van der Waals surface area (Å²) in [6.07, 6.45) is 5.20. The lowest BCUT2D eigenvalue weighted by Gasteiger charge is -2.39. The third-order valence-corrected chi connectivity index (χ3v) is 5.53. The third kappa shape index (κ3) is 3.16. The van der Waals surface area contributed by atoms with Crippen molar-refractivity contribution < 1.29 is 8.42 Å². The number of sulfone groups is 1.